The van der Waals surface area contributed by atoms with Gasteiger partial charge in [0.25, 0.3) is 0 Å². The lowest BCUT2D eigenvalue weighted by Crippen LogP contribution is -2.53. The summed E-state index contributed by atoms with van der Waals surface area (Å²) in [5.41, 5.74) is 1.38. The summed E-state index contributed by atoms with van der Waals surface area (Å²) >= 11 is 0. The topological polar surface area (TPSA) is 18.5 Å². The predicted octanol–water partition coefficient (Wildman–Crippen LogP) is 1.97. The smallest absolute Gasteiger partial charge is 0.0446 e. The molecule has 0 amide bonds. The highest BCUT2D eigenvalue weighted by atomic mass is 15.3. The molecule has 2 atom stereocenters. The first-order valence-corrected chi connectivity index (χ1v) is 7.43. The van der Waals surface area contributed by atoms with E-state index in [1.54, 1.807) is 0 Å². The van der Waals surface area contributed by atoms with Gasteiger partial charge in [0.15, 0.2) is 0 Å². The first kappa shape index (κ1) is 14.5. The molecule has 3 nitrogen and oxygen atoms in total. The Morgan fingerprint density at radius 1 is 1.26 bits per heavy atom. The van der Waals surface area contributed by atoms with Gasteiger partial charge in [-0.25, -0.2) is 0 Å². The van der Waals surface area contributed by atoms with Crippen LogP contribution in [0, 0.1) is 0 Å². The van der Waals surface area contributed by atoms with Gasteiger partial charge in [-0.15, -0.1) is 0 Å². The molecular weight excluding hydrogens is 234 g/mol. The van der Waals surface area contributed by atoms with E-state index in [0.29, 0.717) is 12.1 Å². The van der Waals surface area contributed by atoms with Crippen LogP contribution in [0.2, 0.25) is 0 Å². The molecule has 106 valence electrons. The average molecular weight is 261 g/mol. The molecule has 1 fully saturated rings. The Bertz CT molecular complexity index is 366. The molecule has 1 aliphatic rings. The van der Waals surface area contributed by atoms with E-state index in [-0.39, 0.29) is 0 Å². The van der Waals surface area contributed by atoms with Gasteiger partial charge in [0.2, 0.25) is 0 Å². The summed E-state index contributed by atoms with van der Waals surface area (Å²) in [4.78, 5) is 5.15. The highest BCUT2D eigenvalue weighted by molar-refractivity contribution is 5.19. The number of piperazine rings is 1. The zero-order chi connectivity index (χ0) is 13.7. The van der Waals surface area contributed by atoms with Crippen molar-refractivity contribution in [1.29, 1.82) is 0 Å². The molecular formula is C16H27N3. The molecule has 1 aromatic carbocycles. The van der Waals surface area contributed by atoms with Crippen LogP contribution in [0.3, 0.4) is 0 Å². The van der Waals surface area contributed by atoms with E-state index < -0.39 is 0 Å². The van der Waals surface area contributed by atoms with Gasteiger partial charge < -0.3 is 5.32 Å². The van der Waals surface area contributed by atoms with Crippen molar-refractivity contribution >= 4 is 0 Å². The van der Waals surface area contributed by atoms with Crippen LogP contribution in [0.5, 0.6) is 0 Å². The van der Waals surface area contributed by atoms with Gasteiger partial charge in [0.1, 0.15) is 0 Å². The number of nitrogens with zero attached hydrogens (tertiary/aromatic N) is 2. The average Bonchev–Trinajstić information content (AvgIpc) is 2.46. The second kappa shape index (κ2) is 7.04. The third-order valence-corrected chi connectivity index (χ3v) is 4.25. The van der Waals surface area contributed by atoms with Crippen molar-refractivity contribution in [2.24, 2.45) is 0 Å². The SMILES string of the molecule is CCN1CCN(CC(NC)c2ccccc2)CC1C. The molecule has 1 aromatic rings. The van der Waals surface area contributed by atoms with Crippen molar-refractivity contribution < 1.29 is 0 Å². The highest BCUT2D eigenvalue weighted by Crippen LogP contribution is 2.16. The first-order valence-electron chi connectivity index (χ1n) is 7.43. The summed E-state index contributed by atoms with van der Waals surface area (Å²) in [6, 6.07) is 11.9. The van der Waals surface area contributed by atoms with Gasteiger partial charge in [-0.05, 0) is 26.1 Å². The molecule has 0 aliphatic carbocycles. The van der Waals surface area contributed by atoms with Crippen LogP contribution >= 0.6 is 0 Å². The maximum Gasteiger partial charge on any atom is 0.0446 e. The van der Waals surface area contributed by atoms with E-state index in [1.807, 2.05) is 0 Å². The van der Waals surface area contributed by atoms with Gasteiger partial charge in [-0.2, -0.15) is 0 Å². The minimum Gasteiger partial charge on any atom is -0.312 e. The van der Waals surface area contributed by atoms with E-state index in [1.165, 1.54) is 31.7 Å². The molecule has 2 unspecified atom stereocenters. The van der Waals surface area contributed by atoms with Gasteiger partial charge in [-0.3, -0.25) is 9.80 Å². The molecule has 1 N–H and O–H groups in total. The summed E-state index contributed by atoms with van der Waals surface area (Å²) in [5.74, 6) is 0. The number of rotatable bonds is 5. The zero-order valence-corrected chi connectivity index (χ0v) is 12.5. The zero-order valence-electron chi connectivity index (χ0n) is 12.5. The van der Waals surface area contributed by atoms with Crippen LogP contribution in [0.1, 0.15) is 25.5 Å². The van der Waals surface area contributed by atoms with E-state index in [0.717, 1.165) is 6.54 Å². The molecule has 0 spiro atoms. The Hall–Kier alpha value is -0.900. The molecule has 0 saturated carbocycles. The number of nitrogens with one attached hydrogen (secondary N) is 1. The van der Waals surface area contributed by atoms with Gasteiger partial charge in [0, 0.05) is 38.3 Å². The molecule has 1 saturated heterocycles. The van der Waals surface area contributed by atoms with Crippen molar-refractivity contribution in [2.45, 2.75) is 25.9 Å². The van der Waals surface area contributed by atoms with Crippen molar-refractivity contribution in [3.63, 3.8) is 0 Å². The summed E-state index contributed by atoms with van der Waals surface area (Å²) in [6.07, 6.45) is 0. The molecule has 0 radical (unpaired) electrons. The molecule has 2 rings (SSSR count). The summed E-state index contributed by atoms with van der Waals surface area (Å²) in [7, 11) is 2.06. The largest absolute Gasteiger partial charge is 0.312 e. The number of likely N-dealkylation sites (N-methyl/N-ethyl adjacent to an activating group) is 2. The first-order chi connectivity index (χ1) is 9.24. The van der Waals surface area contributed by atoms with Crippen molar-refractivity contribution in [3.8, 4) is 0 Å². The number of hydrogen-bond donors (Lipinski definition) is 1. The van der Waals surface area contributed by atoms with Gasteiger partial charge in [0.05, 0.1) is 0 Å². The molecule has 0 aromatic heterocycles. The minimum absolute atomic E-state index is 0.432. The Kier molecular flexibility index (Phi) is 5.37. The molecule has 19 heavy (non-hydrogen) atoms. The predicted molar refractivity (Wildman–Crippen MR) is 81.4 cm³/mol. The molecule has 1 heterocycles. The second-order valence-electron chi connectivity index (χ2n) is 5.49. The fourth-order valence-electron chi connectivity index (χ4n) is 3.01. The van der Waals surface area contributed by atoms with Crippen molar-refractivity contribution in [2.75, 3.05) is 39.8 Å². The third-order valence-electron chi connectivity index (χ3n) is 4.25. The second-order valence-corrected chi connectivity index (χ2v) is 5.49. The van der Waals surface area contributed by atoms with Crippen molar-refractivity contribution in [3.05, 3.63) is 35.9 Å². The van der Waals surface area contributed by atoms with E-state index in [2.05, 4.69) is 66.3 Å². The monoisotopic (exact) mass is 261 g/mol. The number of hydrogen-bond acceptors (Lipinski definition) is 3. The lowest BCUT2D eigenvalue weighted by molar-refractivity contribution is 0.0818. The lowest BCUT2D eigenvalue weighted by atomic mass is 10.1. The minimum atomic E-state index is 0.432. The Labute approximate surface area is 117 Å². The Morgan fingerprint density at radius 3 is 2.58 bits per heavy atom. The highest BCUT2D eigenvalue weighted by Gasteiger charge is 2.24. The maximum atomic E-state index is 3.45. The Morgan fingerprint density at radius 2 is 2.00 bits per heavy atom. The summed E-state index contributed by atoms with van der Waals surface area (Å²) in [6.45, 7) is 10.4. The summed E-state index contributed by atoms with van der Waals surface area (Å²) < 4.78 is 0. The standard InChI is InChI=1S/C16H27N3/c1-4-19-11-10-18(12-14(19)2)13-16(17-3)15-8-6-5-7-9-15/h5-9,14,16-17H,4,10-13H2,1-3H3. The van der Waals surface area contributed by atoms with Crippen LogP contribution in [0.15, 0.2) is 30.3 Å². The van der Waals surface area contributed by atoms with Crippen molar-refractivity contribution in [1.82, 2.24) is 15.1 Å². The number of benzene rings is 1. The van der Waals surface area contributed by atoms with Crippen LogP contribution in [-0.4, -0.2) is 55.6 Å². The van der Waals surface area contributed by atoms with E-state index >= 15 is 0 Å². The normalized spacial score (nSPS) is 23.4. The van der Waals surface area contributed by atoms with Crippen LogP contribution in [0.4, 0.5) is 0 Å². The fourth-order valence-corrected chi connectivity index (χ4v) is 3.01. The lowest BCUT2D eigenvalue weighted by Gasteiger charge is -2.40. The third kappa shape index (κ3) is 3.78. The van der Waals surface area contributed by atoms with Crippen LogP contribution < -0.4 is 5.32 Å². The van der Waals surface area contributed by atoms with Crippen LogP contribution in [-0.2, 0) is 0 Å². The van der Waals surface area contributed by atoms with Crippen LogP contribution in [0.25, 0.3) is 0 Å². The van der Waals surface area contributed by atoms with E-state index in [4.69, 9.17) is 0 Å². The van der Waals surface area contributed by atoms with Gasteiger partial charge >= 0.3 is 0 Å². The Balaban J connectivity index is 1.93. The molecule has 1 aliphatic heterocycles. The molecule has 0 bridgehead atoms. The van der Waals surface area contributed by atoms with Gasteiger partial charge in [-0.1, -0.05) is 37.3 Å². The molecule has 3 heteroatoms. The quantitative estimate of drug-likeness (QED) is 0.874. The summed E-state index contributed by atoms with van der Waals surface area (Å²) in [5, 5.41) is 3.45. The maximum absolute atomic E-state index is 3.45. The fraction of sp³-hybridized carbons (Fsp3) is 0.625. The van der Waals surface area contributed by atoms with E-state index in [9.17, 15) is 0 Å².